The van der Waals surface area contributed by atoms with Crippen LogP contribution in [0.1, 0.15) is 11.7 Å². The number of aliphatic hydroxyl groups is 1. The van der Waals surface area contributed by atoms with Gasteiger partial charge in [0.2, 0.25) is 0 Å². The minimum Gasteiger partial charge on any atom is -0.387 e. The number of benzene rings is 1. The average Bonchev–Trinajstić information content (AvgIpc) is 2.39. The normalized spacial score (nSPS) is 12.4. The number of hydrogen-bond acceptors (Lipinski definition) is 4. The smallest absolute Gasteiger partial charge is 0.115 e. The second kappa shape index (κ2) is 6.14. The van der Waals surface area contributed by atoms with E-state index in [1.54, 1.807) is 24.2 Å². The van der Waals surface area contributed by atoms with E-state index in [0.29, 0.717) is 5.75 Å². The molecule has 1 aromatic heterocycles. The van der Waals surface area contributed by atoms with Gasteiger partial charge in [-0.2, -0.15) is 0 Å². The van der Waals surface area contributed by atoms with E-state index in [0.717, 1.165) is 14.9 Å². The first-order valence-corrected chi connectivity index (χ1v) is 6.85. The standard InChI is InChI=1S/C12H11BrN2OS/c13-10-1-3-11(4-2-10)17-7-12(16)9-5-14-8-15-6-9/h1-6,8,12,16H,7H2. The van der Waals surface area contributed by atoms with Crippen molar-refractivity contribution in [1.82, 2.24) is 9.97 Å². The average molecular weight is 311 g/mol. The lowest BCUT2D eigenvalue weighted by Crippen LogP contribution is -2.01. The topological polar surface area (TPSA) is 46.0 Å². The molecule has 88 valence electrons. The maximum Gasteiger partial charge on any atom is 0.115 e. The van der Waals surface area contributed by atoms with E-state index >= 15 is 0 Å². The third-order valence-electron chi connectivity index (χ3n) is 2.19. The monoisotopic (exact) mass is 310 g/mol. The number of hydrogen-bond donors (Lipinski definition) is 1. The summed E-state index contributed by atoms with van der Waals surface area (Å²) in [6.45, 7) is 0. The van der Waals surface area contributed by atoms with Gasteiger partial charge in [0.05, 0.1) is 6.10 Å². The summed E-state index contributed by atoms with van der Waals surface area (Å²) in [7, 11) is 0. The first-order chi connectivity index (χ1) is 8.25. The Hall–Kier alpha value is -0.910. The summed E-state index contributed by atoms with van der Waals surface area (Å²) in [6.07, 6.45) is 4.20. The summed E-state index contributed by atoms with van der Waals surface area (Å²) in [6, 6.07) is 8.01. The van der Waals surface area contributed by atoms with Crippen molar-refractivity contribution in [1.29, 1.82) is 0 Å². The Bertz CT molecular complexity index is 464. The van der Waals surface area contributed by atoms with Crippen molar-refractivity contribution in [3.05, 3.63) is 53.0 Å². The van der Waals surface area contributed by atoms with E-state index in [-0.39, 0.29) is 0 Å². The minimum absolute atomic E-state index is 0.537. The van der Waals surface area contributed by atoms with Crippen LogP contribution < -0.4 is 0 Å². The molecular formula is C12H11BrN2OS. The van der Waals surface area contributed by atoms with Crippen LogP contribution in [0.15, 0.2) is 52.4 Å². The SMILES string of the molecule is OC(CSc1ccc(Br)cc1)c1cncnc1. The van der Waals surface area contributed by atoms with Gasteiger partial charge in [0.15, 0.2) is 0 Å². The molecule has 0 radical (unpaired) electrons. The van der Waals surface area contributed by atoms with Crippen molar-refractivity contribution in [2.45, 2.75) is 11.0 Å². The number of thioether (sulfide) groups is 1. The maximum absolute atomic E-state index is 9.93. The largest absolute Gasteiger partial charge is 0.387 e. The molecule has 1 aromatic carbocycles. The highest BCUT2D eigenvalue weighted by atomic mass is 79.9. The second-order valence-electron chi connectivity index (χ2n) is 3.45. The van der Waals surface area contributed by atoms with Crippen LogP contribution in [-0.4, -0.2) is 20.8 Å². The van der Waals surface area contributed by atoms with E-state index in [1.807, 2.05) is 24.3 Å². The number of aliphatic hydroxyl groups excluding tert-OH is 1. The molecule has 2 aromatic rings. The molecule has 0 aliphatic carbocycles. The fourth-order valence-corrected chi connectivity index (χ4v) is 2.42. The molecule has 3 nitrogen and oxygen atoms in total. The molecule has 0 saturated carbocycles. The van der Waals surface area contributed by atoms with Crippen molar-refractivity contribution in [2.24, 2.45) is 0 Å². The van der Waals surface area contributed by atoms with Crippen LogP contribution in [0, 0.1) is 0 Å². The molecule has 0 amide bonds. The van der Waals surface area contributed by atoms with Crippen molar-refractivity contribution in [2.75, 3.05) is 5.75 Å². The molecule has 0 saturated heterocycles. The van der Waals surface area contributed by atoms with Crippen molar-refractivity contribution in [3.8, 4) is 0 Å². The van der Waals surface area contributed by atoms with E-state index in [9.17, 15) is 5.11 Å². The third kappa shape index (κ3) is 3.80. The van der Waals surface area contributed by atoms with Gasteiger partial charge in [-0.3, -0.25) is 0 Å². The lowest BCUT2D eigenvalue weighted by Gasteiger charge is -2.09. The molecular weight excluding hydrogens is 300 g/mol. The molecule has 1 unspecified atom stereocenters. The molecule has 1 atom stereocenters. The Balaban J connectivity index is 1.92. The first-order valence-electron chi connectivity index (χ1n) is 5.07. The predicted octanol–water partition coefficient (Wildman–Crippen LogP) is 3.06. The van der Waals surface area contributed by atoms with E-state index < -0.39 is 6.10 Å². The van der Waals surface area contributed by atoms with Crippen LogP contribution >= 0.6 is 27.7 Å². The first kappa shape index (κ1) is 12.5. The summed E-state index contributed by atoms with van der Waals surface area (Å²) in [5.41, 5.74) is 0.747. The van der Waals surface area contributed by atoms with Crippen LogP contribution in [0.4, 0.5) is 0 Å². The highest BCUT2D eigenvalue weighted by molar-refractivity contribution is 9.10. The molecule has 1 N–H and O–H groups in total. The molecule has 1 heterocycles. The van der Waals surface area contributed by atoms with E-state index in [1.165, 1.54) is 6.33 Å². The van der Waals surface area contributed by atoms with Crippen molar-refractivity contribution < 1.29 is 5.11 Å². The maximum atomic E-state index is 9.93. The van der Waals surface area contributed by atoms with Gasteiger partial charge in [0.1, 0.15) is 6.33 Å². The van der Waals surface area contributed by atoms with Crippen molar-refractivity contribution >= 4 is 27.7 Å². The van der Waals surface area contributed by atoms with Gasteiger partial charge in [-0.05, 0) is 24.3 Å². The van der Waals surface area contributed by atoms with Crippen LogP contribution in [-0.2, 0) is 0 Å². The molecule has 17 heavy (non-hydrogen) atoms. The summed E-state index contributed by atoms with van der Waals surface area (Å²) in [4.78, 5) is 8.90. The molecule has 0 aliphatic heterocycles. The van der Waals surface area contributed by atoms with E-state index in [4.69, 9.17) is 0 Å². The summed E-state index contributed by atoms with van der Waals surface area (Å²) in [5, 5.41) is 9.93. The fraction of sp³-hybridized carbons (Fsp3) is 0.167. The van der Waals surface area contributed by atoms with Gasteiger partial charge >= 0.3 is 0 Å². The quantitative estimate of drug-likeness (QED) is 0.882. The van der Waals surface area contributed by atoms with Crippen molar-refractivity contribution in [3.63, 3.8) is 0 Å². The van der Waals surface area contributed by atoms with Crippen LogP contribution in [0.25, 0.3) is 0 Å². The number of rotatable bonds is 4. The third-order valence-corrected chi connectivity index (χ3v) is 3.80. The number of nitrogens with zero attached hydrogens (tertiary/aromatic N) is 2. The second-order valence-corrected chi connectivity index (χ2v) is 5.46. The molecule has 0 fully saturated rings. The zero-order valence-electron chi connectivity index (χ0n) is 8.95. The fourth-order valence-electron chi connectivity index (χ4n) is 1.28. The Morgan fingerprint density at radius 1 is 1.18 bits per heavy atom. The lowest BCUT2D eigenvalue weighted by molar-refractivity contribution is 0.203. The number of halogens is 1. The van der Waals surface area contributed by atoms with Gasteiger partial charge in [0.25, 0.3) is 0 Å². The Morgan fingerprint density at radius 2 is 1.82 bits per heavy atom. The zero-order valence-corrected chi connectivity index (χ0v) is 11.4. The van der Waals surface area contributed by atoms with E-state index in [2.05, 4.69) is 25.9 Å². The van der Waals surface area contributed by atoms with Gasteiger partial charge < -0.3 is 5.11 Å². The van der Waals surface area contributed by atoms with Crippen LogP contribution in [0.2, 0.25) is 0 Å². The summed E-state index contributed by atoms with van der Waals surface area (Å²) < 4.78 is 1.05. The van der Waals surface area contributed by atoms with Gasteiger partial charge in [-0.1, -0.05) is 15.9 Å². The van der Waals surface area contributed by atoms with Gasteiger partial charge in [0, 0.05) is 33.1 Å². The molecule has 5 heteroatoms. The zero-order chi connectivity index (χ0) is 12.1. The molecule has 0 spiro atoms. The Labute approximate surface area is 112 Å². The molecule has 2 rings (SSSR count). The highest BCUT2D eigenvalue weighted by Gasteiger charge is 2.08. The Morgan fingerprint density at radius 3 is 2.47 bits per heavy atom. The molecule has 0 aliphatic rings. The van der Waals surface area contributed by atoms with Crippen LogP contribution in [0.3, 0.4) is 0 Å². The lowest BCUT2D eigenvalue weighted by atomic mass is 10.2. The van der Waals surface area contributed by atoms with Crippen LogP contribution in [0.5, 0.6) is 0 Å². The highest BCUT2D eigenvalue weighted by Crippen LogP contribution is 2.25. The summed E-state index contributed by atoms with van der Waals surface area (Å²) in [5.74, 6) is 0.592. The van der Waals surface area contributed by atoms with Gasteiger partial charge in [-0.15, -0.1) is 11.8 Å². The minimum atomic E-state index is -0.537. The summed E-state index contributed by atoms with van der Waals surface area (Å²) >= 11 is 4.99. The van der Waals surface area contributed by atoms with Gasteiger partial charge in [-0.25, -0.2) is 9.97 Å². The predicted molar refractivity (Wildman–Crippen MR) is 71.9 cm³/mol. The number of aromatic nitrogens is 2. The Kier molecular flexibility index (Phi) is 4.53. The molecule has 0 bridgehead atoms.